The SMILES string of the molecule is O=[N+]([O-])c1cccc2c1[O][Sb]([c]1ccccc1)([c]1ccccc1)([c]1ccccc1)[O]2. The molecule has 0 radical (unpaired) electrons. The van der Waals surface area contributed by atoms with Gasteiger partial charge in [-0.3, -0.25) is 0 Å². The molecule has 0 aromatic heterocycles. The average molecular weight is 506 g/mol. The van der Waals surface area contributed by atoms with Crippen molar-refractivity contribution in [3.8, 4) is 11.5 Å². The van der Waals surface area contributed by atoms with Gasteiger partial charge in [0.15, 0.2) is 0 Å². The first-order valence-electron chi connectivity index (χ1n) is 9.51. The zero-order chi connectivity index (χ0) is 20.6. The van der Waals surface area contributed by atoms with Gasteiger partial charge in [-0.1, -0.05) is 0 Å². The van der Waals surface area contributed by atoms with Crippen LogP contribution in [0, 0.1) is 10.1 Å². The van der Waals surface area contributed by atoms with Crippen molar-refractivity contribution in [3.63, 3.8) is 0 Å². The van der Waals surface area contributed by atoms with Crippen LogP contribution >= 0.6 is 0 Å². The van der Waals surface area contributed by atoms with Gasteiger partial charge < -0.3 is 0 Å². The molecular weight excluding hydrogens is 488 g/mol. The van der Waals surface area contributed by atoms with E-state index in [1.165, 1.54) is 6.07 Å². The summed E-state index contributed by atoms with van der Waals surface area (Å²) >= 11 is -5.14. The topological polar surface area (TPSA) is 61.6 Å². The van der Waals surface area contributed by atoms with E-state index in [0.29, 0.717) is 5.75 Å². The van der Waals surface area contributed by atoms with Crippen LogP contribution in [0.4, 0.5) is 5.69 Å². The van der Waals surface area contributed by atoms with Crippen molar-refractivity contribution in [2.24, 2.45) is 0 Å². The summed E-state index contributed by atoms with van der Waals surface area (Å²) in [6, 6.07) is 34.3. The van der Waals surface area contributed by atoms with Gasteiger partial charge in [0.1, 0.15) is 0 Å². The summed E-state index contributed by atoms with van der Waals surface area (Å²) in [6.07, 6.45) is 0. The summed E-state index contributed by atoms with van der Waals surface area (Å²) in [7, 11) is 0. The molecule has 0 unspecified atom stereocenters. The molecule has 0 fully saturated rings. The van der Waals surface area contributed by atoms with Crippen molar-refractivity contribution in [2.45, 2.75) is 0 Å². The Morgan fingerprint density at radius 1 is 0.600 bits per heavy atom. The number of benzene rings is 4. The van der Waals surface area contributed by atoms with Gasteiger partial charge in [0, 0.05) is 0 Å². The van der Waals surface area contributed by atoms with Gasteiger partial charge in [-0.05, 0) is 0 Å². The molecule has 4 aromatic carbocycles. The molecule has 1 aliphatic heterocycles. The molecule has 0 N–H and O–H groups in total. The number of nitro groups is 1. The second-order valence-electron chi connectivity index (χ2n) is 7.01. The average Bonchev–Trinajstić information content (AvgIpc) is 3.19. The van der Waals surface area contributed by atoms with E-state index in [2.05, 4.69) is 0 Å². The first kappa shape index (κ1) is 18.7. The Labute approximate surface area is 175 Å². The molecular formula is C24H18NO4Sb. The number of nitro benzene ring substituents is 1. The van der Waals surface area contributed by atoms with Crippen molar-refractivity contribution in [1.29, 1.82) is 0 Å². The van der Waals surface area contributed by atoms with Crippen molar-refractivity contribution in [2.75, 3.05) is 0 Å². The second-order valence-corrected chi connectivity index (χ2v) is 17.9. The van der Waals surface area contributed by atoms with E-state index in [0.717, 1.165) is 10.5 Å². The standard InChI is InChI=1S/C6H5NO4.3C6H5.Sb/c8-5-3-1-2-4(6(5)9)7(10)11;3*1-2-4-6-5-3-1;/h1-3,8-9H;3*1-5H;/q;;;;+2/p-2. The van der Waals surface area contributed by atoms with Crippen LogP contribution in [0.3, 0.4) is 0 Å². The molecule has 5 rings (SSSR count). The third-order valence-corrected chi connectivity index (χ3v) is 19.0. The minimum absolute atomic E-state index is 0.0917. The number of para-hydroxylation sites is 1. The third-order valence-electron chi connectivity index (χ3n) is 5.37. The molecule has 1 aliphatic rings. The summed E-state index contributed by atoms with van der Waals surface area (Å²) in [5, 5.41) is 11.8. The molecule has 0 saturated carbocycles. The molecule has 30 heavy (non-hydrogen) atoms. The Morgan fingerprint density at radius 2 is 1.07 bits per heavy atom. The van der Waals surface area contributed by atoms with Gasteiger partial charge >= 0.3 is 176 Å². The molecule has 0 bridgehead atoms. The van der Waals surface area contributed by atoms with E-state index >= 15 is 0 Å². The van der Waals surface area contributed by atoms with E-state index in [1.54, 1.807) is 12.1 Å². The zero-order valence-electron chi connectivity index (χ0n) is 15.9. The van der Waals surface area contributed by atoms with Crippen molar-refractivity contribution in [1.82, 2.24) is 0 Å². The Hall–Kier alpha value is -3.30. The Kier molecular flexibility index (Phi) is 4.30. The molecule has 0 atom stereocenters. The van der Waals surface area contributed by atoms with Crippen LogP contribution in [0.1, 0.15) is 0 Å². The Balaban J connectivity index is 1.94. The maximum absolute atomic E-state index is 11.8. The van der Waals surface area contributed by atoms with Crippen LogP contribution in [-0.2, 0) is 0 Å². The summed E-state index contributed by atoms with van der Waals surface area (Å²) in [5.74, 6) is 0.600. The molecule has 0 saturated heterocycles. The van der Waals surface area contributed by atoms with Crippen LogP contribution in [0.25, 0.3) is 0 Å². The second kappa shape index (κ2) is 6.89. The number of hydrogen-bond donors (Lipinski definition) is 0. The summed E-state index contributed by atoms with van der Waals surface area (Å²) in [5.41, 5.74) is -0.0917. The predicted molar refractivity (Wildman–Crippen MR) is 118 cm³/mol. The van der Waals surface area contributed by atoms with Gasteiger partial charge in [-0.2, -0.15) is 0 Å². The monoisotopic (exact) mass is 505 g/mol. The minimum atomic E-state index is -5.14. The van der Waals surface area contributed by atoms with Gasteiger partial charge in [0.05, 0.1) is 0 Å². The van der Waals surface area contributed by atoms with E-state index in [9.17, 15) is 10.1 Å². The van der Waals surface area contributed by atoms with Crippen LogP contribution < -0.4 is 16.6 Å². The molecule has 0 spiro atoms. The molecule has 148 valence electrons. The summed E-state index contributed by atoms with van der Waals surface area (Å²) < 4.78 is 16.5. The molecule has 0 amide bonds. The molecule has 6 heteroatoms. The number of fused-ring (bicyclic) bond motifs is 1. The van der Waals surface area contributed by atoms with E-state index in [1.807, 2.05) is 91.0 Å². The fourth-order valence-electron chi connectivity index (χ4n) is 4.05. The van der Waals surface area contributed by atoms with Crippen molar-refractivity contribution in [3.05, 3.63) is 119 Å². The molecule has 0 aliphatic carbocycles. The molecule has 1 heterocycles. The number of nitrogens with zero attached hydrogens (tertiary/aromatic N) is 1. The number of hydrogen-bond acceptors (Lipinski definition) is 4. The van der Waals surface area contributed by atoms with Crippen LogP contribution in [0.5, 0.6) is 11.5 Å². The van der Waals surface area contributed by atoms with Gasteiger partial charge in [-0.15, -0.1) is 0 Å². The fraction of sp³-hybridized carbons (Fsp3) is 0. The third kappa shape index (κ3) is 2.49. The first-order chi connectivity index (χ1) is 14.6. The predicted octanol–water partition coefficient (Wildman–Crippen LogP) is 3.48. The van der Waals surface area contributed by atoms with Gasteiger partial charge in [0.2, 0.25) is 0 Å². The molecule has 4 aromatic rings. The number of rotatable bonds is 4. The zero-order valence-corrected chi connectivity index (χ0v) is 18.5. The maximum atomic E-state index is 11.8. The van der Waals surface area contributed by atoms with Crippen LogP contribution in [0.2, 0.25) is 0 Å². The van der Waals surface area contributed by atoms with E-state index < -0.39 is 23.2 Å². The van der Waals surface area contributed by atoms with Crippen LogP contribution in [0.15, 0.2) is 109 Å². The van der Waals surface area contributed by atoms with Crippen molar-refractivity contribution < 1.29 is 11.0 Å². The van der Waals surface area contributed by atoms with E-state index in [4.69, 9.17) is 6.03 Å². The van der Waals surface area contributed by atoms with Gasteiger partial charge in [0.25, 0.3) is 0 Å². The van der Waals surface area contributed by atoms with E-state index in [-0.39, 0.29) is 11.4 Å². The summed E-state index contributed by atoms with van der Waals surface area (Å²) in [4.78, 5) is 11.4. The quantitative estimate of drug-likeness (QED) is 0.242. The molecule has 5 nitrogen and oxygen atoms in total. The fourth-order valence-corrected chi connectivity index (χ4v) is 17.6. The first-order valence-corrected chi connectivity index (χ1v) is 15.4. The normalized spacial score (nSPS) is 16.9. The Morgan fingerprint density at radius 3 is 1.50 bits per heavy atom. The van der Waals surface area contributed by atoms with Crippen molar-refractivity contribution >= 4 is 34.5 Å². The Bertz CT molecular complexity index is 1130. The van der Waals surface area contributed by atoms with Gasteiger partial charge in [-0.25, -0.2) is 0 Å². The summed E-state index contributed by atoms with van der Waals surface area (Å²) in [6.45, 7) is 0. The van der Waals surface area contributed by atoms with Crippen LogP contribution in [-0.4, -0.2) is 23.2 Å².